The summed E-state index contributed by atoms with van der Waals surface area (Å²) in [4.78, 5) is 34.8. The molecule has 1 heterocycles. The third kappa shape index (κ3) is 6.16. The predicted octanol–water partition coefficient (Wildman–Crippen LogP) is 2.84. The van der Waals surface area contributed by atoms with Crippen molar-refractivity contribution in [3.8, 4) is 17.1 Å². The first-order valence-corrected chi connectivity index (χ1v) is 10.4. The minimum Gasteiger partial charge on any atom is -0.455 e. The molecule has 0 aliphatic carbocycles. The van der Waals surface area contributed by atoms with Crippen molar-refractivity contribution in [3.05, 3.63) is 60.7 Å². The molecule has 0 spiro atoms. The van der Waals surface area contributed by atoms with E-state index in [1.165, 1.54) is 0 Å². The molecule has 0 bridgehead atoms. The molecule has 31 heavy (non-hydrogen) atoms. The Morgan fingerprint density at radius 2 is 1.65 bits per heavy atom. The lowest BCUT2D eigenvalue weighted by Gasteiger charge is -2.10. The standard InChI is InChI=1S/C21H20N4O5S/c1-2-29-21(28)22-17(26)13-30-18(27)14-31-20-24-23-19(15-9-5-3-6-10-15)25(20)16-11-7-4-8-12-16/h3-12H,2,13-14H2,1H3,(H,22,26,28). The number of carbonyl (C=O) groups is 3. The Hall–Kier alpha value is -3.66. The molecule has 1 N–H and O–H groups in total. The highest BCUT2D eigenvalue weighted by Gasteiger charge is 2.18. The normalized spacial score (nSPS) is 10.4. The van der Waals surface area contributed by atoms with Crippen molar-refractivity contribution in [1.29, 1.82) is 0 Å². The minimum absolute atomic E-state index is 0.0908. The van der Waals surface area contributed by atoms with E-state index in [4.69, 9.17) is 4.74 Å². The summed E-state index contributed by atoms with van der Waals surface area (Å²) in [6.45, 7) is 1.15. The zero-order valence-corrected chi connectivity index (χ0v) is 17.5. The van der Waals surface area contributed by atoms with E-state index < -0.39 is 24.6 Å². The van der Waals surface area contributed by atoms with Gasteiger partial charge in [-0.2, -0.15) is 0 Å². The van der Waals surface area contributed by atoms with Gasteiger partial charge in [-0.3, -0.25) is 19.5 Å². The molecular formula is C21H20N4O5S. The minimum atomic E-state index is -0.887. The van der Waals surface area contributed by atoms with E-state index in [1.54, 1.807) is 6.92 Å². The number of nitrogens with one attached hydrogen (secondary N) is 1. The van der Waals surface area contributed by atoms with Crippen molar-refractivity contribution >= 4 is 29.7 Å². The molecule has 2 aromatic carbocycles. The van der Waals surface area contributed by atoms with Crippen molar-refractivity contribution in [1.82, 2.24) is 20.1 Å². The van der Waals surface area contributed by atoms with Crippen LogP contribution in [-0.2, 0) is 19.1 Å². The number of carbonyl (C=O) groups excluding carboxylic acids is 3. The summed E-state index contributed by atoms with van der Waals surface area (Å²) in [6, 6.07) is 19.1. The summed E-state index contributed by atoms with van der Waals surface area (Å²) in [5.41, 5.74) is 1.72. The number of alkyl carbamates (subject to hydrolysis) is 1. The van der Waals surface area contributed by atoms with E-state index in [-0.39, 0.29) is 12.4 Å². The molecule has 3 rings (SSSR count). The number of rotatable bonds is 8. The molecule has 10 heteroatoms. The molecule has 0 saturated carbocycles. The number of ether oxygens (including phenoxy) is 2. The number of hydrogen-bond donors (Lipinski definition) is 1. The Morgan fingerprint density at radius 3 is 2.32 bits per heavy atom. The third-order valence-corrected chi connectivity index (χ3v) is 4.78. The average Bonchev–Trinajstić information content (AvgIpc) is 3.21. The van der Waals surface area contributed by atoms with Gasteiger partial charge in [-0.25, -0.2) is 4.79 Å². The fourth-order valence-corrected chi connectivity index (χ4v) is 3.33. The van der Waals surface area contributed by atoms with Gasteiger partial charge in [0.1, 0.15) is 0 Å². The highest BCUT2D eigenvalue weighted by molar-refractivity contribution is 7.99. The van der Waals surface area contributed by atoms with Crippen LogP contribution in [0.2, 0.25) is 0 Å². The van der Waals surface area contributed by atoms with Gasteiger partial charge >= 0.3 is 12.1 Å². The van der Waals surface area contributed by atoms with Gasteiger partial charge in [0.25, 0.3) is 5.91 Å². The van der Waals surface area contributed by atoms with Gasteiger partial charge in [0.2, 0.25) is 0 Å². The predicted molar refractivity (Wildman–Crippen MR) is 114 cm³/mol. The third-order valence-electron chi connectivity index (χ3n) is 3.88. The zero-order chi connectivity index (χ0) is 22.1. The van der Waals surface area contributed by atoms with Crippen LogP contribution in [0.1, 0.15) is 6.92 Å². The second-order valence-corrected chi connectivity index (χ2v) is 7.00. The highest BCUT2D eigenvalue weighted by Crippen LogP contribution is 2.27. The number of imide groups is 1. The molecular weight excluding hydrogens is 420 g/mol. The number of benzene rings is 2. The second-order valence-electron chi connectivity index (χ2n) is 6.06. The second kappa shape index (κ2) is 10.9. The van der Waals surface area contributed by atoms with Gasteiger partial charge in [-0.05, 0) is 19.1 Å². The van der Waals surface area contributed by atoms with Crippen LogP contribution in [0.3, 0.4) is 0 Å². The van der Waals surface area contributed by atoms with Gasteiger partial charge in [-0.1, -0.05) is 60.3 Å². The maximum Gasteiger partial charge on any atom is 0.413 e. The smallest absolute Gasteiger partial charge is 0.413 e. The number of aromatic nitrogens is 3. The summed E-state index contributed by atoms with van der Waals surface area (Å²) < 4.78 is 11.3. The Balaban J connectivity index is 1.67. The molecule has 0 aliphatic heterocycles. The number of nitrogens with zero attached hydrogens (tertiary/aromatic N) is 3. The van der Waals surface area contributed by atoms with Crippen LogP contribution in [0.5, 0.6) is 0 Å². The van der Waals surface area contributed by atoms with Crippen molar-refractivity contribution in [2.45, 2.75) is 12.1 Å². The molecule has 3 aromatic rings. The molecule has 9 nitrogen and oxygen atoms in total. The highest BCUT2D eigenvalue weighted by atomic mass is 32.2. The molecule has 0 fully saturated rings. The van der Waals surface area contributed by atoms with E-state index >= 15 is 0 Å². The van der Waals surface area contributed by atoms with Crippen LogP contribution in [-0.4, -0.2) is 51.7 Å². The molecule has 1 aromatic heterocycles. The quantitative estimate of drug-likeness (QED) is 0.420. The molecule has 0 saturated heterocycles. The van der Waals surface area contributed by atoms with Gasteiger partial charge < -0.3 is 9.47 Å². The largest absolute Gasteiger partial charge is 0.455 e. The lowest BCUT2D eigenvalue weighted by Crippen LogP contribution is -2.34. The van der Waals surface area contributed by atoms with Gasteiger partial charge in [0.05, 0.1) is 12.4 Å². The Kier molecular flexibility index (Phi) is 7.77. The number of esters is 1. The number of hydrogen-bond acceptors (Lipinski definition) is 8. The maximum atomic E-state index is 12.1. The summed E-state index contributed by atoms with van der Waals surface area (Å²) in [5, 5.41) is 11.0. The van der Waals surface area contributed by atoms with Gasteiger partial charge in [0.15, 0.2) is 17.6 Å². The van der Waals surface area contributed by atoms with E-state index in [2.05, 4.69) is 14.9 Å². The Bertz CT molecular complexity index is 1040. The SMILES string of the molecule is CCOC(=O)NC(=O)COC(=O)CSc1nnc(-c2ccccc2)n1-c1ccccc1. The van der Waals surface area contributed by atoms with E-state index in [1.807, 2.05) is 70.5 Å². The molecule has 0 unspecified atom stereocenters. The Morgan fingerprint density at radius 1 is 0.968 bits per heavy atom. The molecule has 0 atom stereocenters. The van der Waals surface area contributed by atoms with Crippen LogP contribution < -0.4 is 5.32 Å². The fraction of sp³-hybridized carbons (Fsp3) is 0.190. The summed E-state index contributed by atoms with van der Waals surface area (Å²) in [5.74, 6) is -0.855. The van der Waals surface area contributed by atoms with E-state index in [0.29, 0.717) is 11.0 Å². The van der Waals surface area contributed by atoms with E-state index in [9.17, 15) is 14.4 Å². The van der Waals surface area contributed by atoms with Gasteiger partial charge in [-0.15, -0.1) is 10.2 Å². The van der Waals surface area contributed by atoms with Crippen LogP contribution in [0, 0.1) is 0 Å². The first-order valence-electron chi connectivity index (χ1n) is 9.39. The average molecular weight is 440 g/mol. The van der Waals surface area contributed by atoms with Crippen molar-refractivity contribution < 1.29 is 23.9 Å². The van der Waals surface area contributed by atoms with E-state index in [0.717, 1.165) is 23.0 Å². The first kappa shape index (κ1) is 22.0. The molecule has 0 aliphatic rings. The van der Waals surface area contributed by atoms with Crippen LogP contribution in [0.4, 0.5) is 4.79 Å². The summed E-state index contributed by atoms with van der Waals surface area (Å²) in [7, 11) is 0. The van der Waals surface area contributed by atoms with Crippen molar-refractivity contribution in [2.75, 3.05) is 19.0 Å². The topological polar surface area (TPSA) is 112 Å². The number of amides is 2. The lowest BCUT2D eigenvalue weighted by atomic mass is 10.2. The van der Waals surface area contributed by atoms with Crippen LogP contribution in [0.25, 0.3) is 17.1 Å². The first-order chi connectivity index (χ1) is 15.1. The Labute approximate surface area is 182 Å². The summed E-state index contributed by atoms with van der Waals surface area (Å²) >= 11 is 1.13. The molecule has 2 amide bonds. The summed E-state index contributed by atoms with van der Waals surface area (Å²) in [6.07, 6.45) is -0.887. The van der Waals surface area contributed by atoms with Crippen molar-refractivity contribution in [2.24, 2.45) is 0 Å². The number of para-hydroxylation sites is 1. The molecule has 160 valence electrons. The fourth-order valence-electron chi connectivity index (χ4n) is 2.58. The van der Waals surface area contributed by atoms with Crippen LogP contribution in [0.15, 0.2) is 65.8 Å². The monoisotopic (exact) mass is 440 g/mol. The zero-order valence-electron chi connectivity index (χ0n) is 16.7. The number of thioether (sulfide) groups is 1. The van der Waals surface area contributed by atoms with Crippen LogP contribution >= 0.6 is 11.8 Å². The van der Waals surface area contributed by atoms with Gasteiger partial charge in [0, 0.05) is 11.3 Å². The van der Waals surface area contributed by atoms with Crippen molar-refractivity contribution in [3.63, 3.8) is 0 Å². The lowest BCUT2D eigenvalue weighted by molar-refractivity contribution is -0.145. The maximum absolute atomic E-state index is 12.1. The molecule has 0 radical (unpaired) electrons.